The van der Waals surface area contributed by atoms with Gasteiger partial charge >= 0.3 is 0 Å². The first kappa shape index (κ1) is 20.9. The summed E-state index contributed by atoms with van der Waals surface area (Å²) >= 11 is 0. The summed E-state index contributed by atoms with van der Waals surface area (Å²) in [6.45, 7) is 4.08. The van der Waals surface area contributed by atoms with E-state index in [9.17, 15) is 18.3 Å². The largest absolute Gasteiger partial charge is 0.486 e. The van der Waals surface area contributed by atoms with Gasteiger partial charge < -0.3 is 19.9 Å². The van der Waals surface area contributed by atoms with E-state index in [-0.39, 0.29) is 23.8 Å². The maximum Gasteiger partial charge on any atom is 0.262 e. The summed E-state index contributed by atoms with van der Waals surface area (Å²) < 4.78 is 38.6. The fourth-order valence-corrected chi connectivity index (χ4v) is 3.82. The van der Waals surface area contributed by atoms with Crippen LogP contribution in [0.5, 0.6) is 11.5 Å². The summed E-state index contributed by atoms with van der Waals surface area (Å²) in [4.78, 5) is 12.1. The Bertz CT molecular complexity index is 987. The Morgan fingerprint density at radius 2 is 1.72 bits per heavy atom. The molecule has 2 aromatic rings. The van der Waals surface area contributed by atoms with Gasteiger partial charge in [0.15, 0.2) is 11.5 Å². The molecule has 1 aliphatic rings. The van der Waals surface area contributed by atoms with E-state index in [1.54, 1.807) is 44.2 Å². The molecular weight excluding hydrogens is 396 g/mol. The van der Waals surface area contributed by atoms with Crippen LogP contribution in [0.2, 0.25) is 0 Å². The third-order valence-corrected chi connectivity index (χ3v) is 5.65. The van der Waals surface area contributed by atoms with Crippen molar-refractivity contribution in [2.45, 2.75) is 30.7 Å². The average Bonchev–Trinajstić information content (AvgIpc) is 2.68. The van der Waals surface area contributed by atoms with Crippen molar-refractivity contribution in [3.8, 4) is 11.5 Å². The number of hydrogen-bond acceptors (Lipinski definition) is 6. The summed E-state index contributed by atoms with van der Waals surface area (Å²) in [5, 5.41) is 11.9. The lowest BCUT2D eigenvalue weighted by Gasteiger charge is -2.23. The number of sulfonamides is 1. The van der Waals surface area contributed by atoms with Gasteiger partial charge in [0.05, 0.1) is 23.5 Å². The predicted molar refractivity (Wildman–Crippen MR) is 108 cm³/mol. The molecule has 0 atom stereocenters. The second-order valence-electron chi connectivity index (χ2n) is 7.37. The molecule has 8 nitrogen and oxygen atoms in total. The van der Waals surface area contributed by atoms with Crippen molar-refractivity contribution in [3.63, 3.8) is 0 Å². The molecule has 3 N–H and O–H groups in total. The van der Waals surface area contributed by atoms with E-state index >= 15 is 0 Å². The highest BCUT2D eigenvalue weighted by molar-refractivity contribution is 7.92. The third kappa shape index (κ3) is 5.39. The number of aliphatic hydroxyl groups excluding tert-OH is 1. The molecule has 0 aliphatic carbocycles. The lowest BCUT2D eigenvalue weighted by atomic mass is 10.1. The fourth-order valence-electron chi connectivity index (χ4n) is 2.74. The Morgan fingerprint density at radius 1 is 1.07 bits per heavy atom. The molecule has 156 valence electrons. The molecule has 0 bridgehead atoms. The number of anilines is 1. The highest BCUT2D eigenvalue weighted by Crippen LogP contribution is 2.32. The van der Waals surface area contributed by atoms with Crippen molar-refractivity contribution < 1.29 is 27.8 Å². The Balaban J connectivity index is 1.66. The van der Waals surface area contributed by atoms with Crippen LogP contribution in [-0.4, -0.2) is 44.8 Å². The van der Waals surface area contributed by atoms with Crippen LogP contribution < -0.4 is 19.5 Å². The standard InChI is InChI=1S/C20H24N2O6S/c1-20(2,13-23)21-19(24)11-14-3-5-15(6-4-14)22-29(25,26)16-7-8-17-18(12-16)28-10-9-27-17/h3-8,12,22-23H,9-11,13H2,1-2H3,(H,21,24). The summed E-state index contributed by atoms with van der Waals surface area (Å²) in [7, 11) is -3.80. The van der Waals surface area contributed by atoms with Crippen LogP contribution in [0.15, 0.2) is 47.4 Å². The van der Waals surface area contributed by atoms with Gasteiger partial charge in [-0.05, 0) is 43.7 Å². The highest BCUT2D eigenvalue weighted by atomic mass is 32.2. The molecule has 29 heavy (non-hydrogen) atoms. The van der Waals surface area contributed by atoms with Gasteiger partial charge in [0.25, 0.3) is 10.0 Å². The summed E-state index contributed by atoms with van der Waals surface area (Å²) in [6.07, 6.45) is 0.124. The molecule has 0 aromatic heterocycles. The van der Waals surface area contributed by atoms with E-state index in [0.717, 1.165) is 5.56 Å². The van der Waals surface area contributed by atoms with Gasteiger partial charge in [0.2, 0.25) is 5.91 Å². The number of carbonyl (C=O) groups is 1. The number of hydrogen-bond donors (Lipinski definition) is 3. The van der Waals surface area contributed by atoms with Crippen molar-refractivity contribution >= 4 is 21.6 Å². The second-order valence-corrected chi connectivity index (χ2v) is 9.06. The molecule has 0 unspecified atom stereocenters. The van der Waals surface area contributed by atoms with E-state index < -0.39 is 15.6 Å². The van der Waals surface area contributed by atoms with Crippen molar-refractivity contribution in [2.24, 2.45) is 0 Å². The third-order valence-electron chi connectivity index (χ3n) is 4.27. The number of rotatable bonds is 7. The number of carbonyl (C=O) groups excluding carboxylic acids is 1. The van der Waals surface area contributed by atoms with E-state index in [4.69, 9.17) is 9.47 Å². The summed E-state index contributed by atoms with van der Waals surface area (Å²) in [5.74, 6) is 0.683. The topological polar surface area (TPSA) is 114 Å². The quantitative estimate of drug-likeness (QED) is 0.628. The first-order chi connectivity index (χ1) is 13.7. The number of ether oxygens (including phenoxy) is 2. The predicted octanol–water partition coefficient (Wildman–Crippen LogP) is 1.69. The lowest BCUT2D eigenvalue weighted by Crippen LogP contribution is -2.46. The molecular formula is C20H24N2O6S. The average molecular weight is 420 g/mol. The first-order valence-electron chi connectivity index (χ1n) is 9.12. The second kappa shape index (κ2) is 8.30. The summed E-state index contributed by atoms with van der Waals surface area (Å²) in [6, 6.07) is 11.0. The van der Waals surface area contributed by atoms with Gasteiger partial charge in [-0.15, -0.1) is 0 Å². The zero-order valence-electron chi connectivity index (χ0n) is 16.3. The Morgan fingerprint density at radius 3 is 2.38 bits per heavy atom. The van der Waals surface area contributed by atoms with Crippen LogP contribution in [0.3, 0.4) is 0 Å². The van der Waals surface area contributed by atoms with Gasteiger partial charge in [0, 0.05) is 11.8 Å². The normalized spacial score (nSPS) is 13.6. The van der Waals surface area contributed by atoms with E-state index in [0.29, 0.717) is 30.4 Å². The van der Waals surface area contributed by atoms with Crippen LogP contribution in [0.1, 0.15) is 19.4 Å². The van der Waals surface area contributed by atoms with Crippen LogP contribution in [0.25, 0.3) is 0 Å². The van der Waals surface area contributed by atoms with Crippen molar-refractivity contribution in [1.82, 2.24) is 5.32 Å². The molecule has 0 radical (unpaired) electrons. The maximum absolute atomic E-state index is 12.6. The number of nitrogens with one attached hydrogen (secondary N) is 2. The Kier molecular flexibility index (Phi) is 5.99. The minimum atomic E-state index is -3.80. The lowest BCUT2D eigenvalue weighted by molar-refractivity contribution is -0.122. The van der Waals surface area contributed by atoms with Crippen LogP contribution in [0.4, 0.5) is 5.69 Å². The van der Waals surface area contributed by atoms with E-state index in [1.807, 2.05) is 0 Å². The summed E-state index contributed by atoms with van der Waals surface area (Å²) in [5.41, 5.74) is 0.397. The van der Waals surface area contributed by atoms with Gasteiger partial charge in [-0.25, -0.2) is 8.42 Å². The number of benzene rings is 2. The zero-order chi connectivity index (χ0) is 21.1. The zero-order valence-corrected chi connectivity index (χ0v) is 17.1. The minimum Gasteiger partial charge on any atom is -0.486 e. The minimum absolute atomic E-state index is 0.0661. The number of fused-ring (bicyclic) bond motifs is 1. The number of amides is 1. The molecule has 9 heteroatoms. The molecule has 0 fully saturated rings. The Labute approximate surface area is 169 Å². The fraction of sp³-hybridized carbons (Fsp3) is 0.350. The first-order valence-corrected chi connectivity index (χ1v) is 10.6. The maximum atomic E-state index is 12.6. The smallest absolute Gasteiger partial charge is 0.262 e. The molecule has 1 amide bonds. The van der Waals surface area contributed by atoms with Crippen LogP contribution in [-0.2, 0) is 21.2 Å². The molecule has 1 heterocycles. The van der Waals surface area contributed by atoms with E-state index in [2.05, 4.69) is 10.0 Å². The van der Waals surface area contributed by atoms with Gasteiger partial charge in [-0.2, -0.15) is 0 Å². The van der Waals surface area contributed by atoms with Gasteiger partial charge in [-0.1, -0.05) is 12.1 Å². The monoisotopic (exact) mass is 420 g/mol. The van der Waals surface area contributed by atoms with Crippen molar-refractivity contribution in [1.29, 1.82) is 0 Å². The molecule has 0 saturated heterocycles. The number of aliphatic hydroxyl groups is 1. The molecule has 1 aliphatic heterocycles. The van der Waals surface area contributed by atoms with Crippen molar-refractivity contribution in [2.75, 3.05) is 24.5 Å². The Hall–Kier alpha value is -2.78. The molecule has 0 saturated carbocycles. The van der Waals surface area contributed by atoms with Gasteiger partial charge in [0.1, 0.15) is 13.2 Å². The van der Waals surface area contributed by atoms with Crippen molar-refractivity contribution in [3.05, 3.63) is 48.0 Å². The SMILES string of the molecule is CC(C)(CO)NC(=O)Cc1ccc(NS(=O)(=O)c2ccc3c(c2)OCCO3)cc1. The van der Waals surface area contributed by atoms with Crippen LogP contribution in [0, 0.1) is 0 Å². The molecule has 3 rings (SSSR count). The van der Waals surface area contributed by atoms with Crippen LogP contribution >= 0.6 is 0 Å². The molecule has 0 spiro atoms. The highest BCUT2D eigenvalue weighted by Gasteiger charge is 2.20. The molecule has 2 aromatic carbocycles. The van der Waals surface area contributed by atoms with E-state index in [1.165, 1.54) is 12.1 Å². The van der Waals surface area contributed by atoms with Gasteiger partial charge in [-0.3, -0.25) is 9.52 Å².